The van der Waals surface area contributed by atoms with E-state index in [1.165, 1.54) is 66.8 Å². The zero-order valence-electron chi connectivity index (χ0n) is 33.8. The summed E-state index contributed by atoms with van der Waals surface area (Å²) in [7, 11) is 0. The molecule has 2 bridgehead atoms. The predicted octanol–water partition coefficient (Wildman–Crippen LogP) is 14.9. The van der Waals surface area contributed by atoms with E-state index in [-0.39, 0.29) is 0 Å². The van der Waals surface area contributed by atoms with Gasteiger partial charge >= 0.3 is 0 Å². The average Bonchev–Trinajstić information content (AvgIpc) is 3.80. The van der Waals surface area contributed by atoms with E-state index in [0.717, 1.165) is 52.6 Å². The van der Waals surface area contributed by atoms with Crippen molar-refractivity contribution in [3.8, 4) is 11.1 Å². The number of fused-ring (bicyclic) bond motifs is 1. The highest BCUT2D eigenvalue weighted by Gasteiger charge is 2.27. The zero-order chi connectivity index (χ0) is 39.8. The topological polar surface area (TPSA) is 6.48 Å². The molecule has 0 radical (unpaired) electrons. The fourth-order valence-electron chi connectivity index (χ4n) is 8.71. The van der Waals surface area contributed by atoms with Gasteiger partial charge in [0, 0.05) is 29.2 Å². The highest BCUT2D eigenvalue weighted by atomic mass is 15.2. The van der Waals surface area contributed by atoms with Gasteiger partial charge in [0.15, 0.2) is 0 Å². The third-order valence-corrected chi connectivity index (χ3v) is 11.8. The van der Waals surface area contributed by atoms with Crippen molar-refractivity contribution >= 4 is 40.5 Å². The standard InChI is InChI=1S/C56H48N2/c1-38-25-28-45(43-17-9-6-10-18-43)35-53(38)57(48-21-11-7-12-22-48)55-37-56(47-30-32-51-42(5)33-41(4)50(52(51)34-47)31-27-40(55)3)58(49-23-13-8-14-24-49)54-36-46(29-26-39(54)2)44-19-15-16-20-44/h6-19,21-33,35-37H,3,20,34H2,1-2,4-5H3. The Bertz CT molecular complexity index is 2760. The average molecular weight is 749 g/mol. The second kappa shape index (κ2) is 15.6. The van der Waals surface area contributed by atoms with E-state index in [1.807, 2.05) is 0 Å². The van der Waals surface area contributed by atoms with Crippen LogP contribution in [0.3, 0.4) is 0 Å². The number of rotatable bonds is 8. The van der Waals surface area contributed by atoms with E-state index in [2.05, 4.69) is 220 Å². The van der Waals surface area contributed by atoms with Crippen LogP contribution in [0.5, 0.6) is 0 Å². The highest BCUT2D eigenvalue weighted by Crippen LogP contribution is 2.44. The Morgan fingerprint density at radius 1 is 0.517 bits per heavy atom. The summed E-state index contributed by atoms with van der Waals surface area (Å²) >= 11 is 0. The second-order valence-electron chi connectivity index (χ2n) is 15.7. The van der Waals surface area contributed by atoms with Crippen molar-refractivity contribution in [2.24, 2.45) is 0 Å². The Hall–Kier alpha value is -6.90. The first kappa shape index (κ1) is 36.7. The van der Waals surface area contributed by atoms with Crippen LogP contribution in [0.2, 0.25) is 0 Å². The third kappa shape index (κ3) is 6.92. The minimum atomic E-state index is 0.796. The molecule has 0 spiro atoms. The molecule has 0 atom stereocenters. The maximum Gasteiger partial charge on any atom is 0.0549 e. The molecule has 0 aromatic heterocycles. The summed E-state index contributed by atoms with van der Waals surface area (Å²) in [6, 6.07) is 48.4. The Balaban J connectivity index is 1.37. The molecule has 3 aliphatic carbocycles. The predicted molar refractivity (Wildman–Crippen MR) is 249 cm³/mol. The van der Waals surface area contributed by atoms with Crippen molar-refractivity contribution in [1.29, 1.82) is 0 Å². The summed E-state index contributed by atoms with van der Waals surface area (Å²) in [5, 5.41) is 0. The quantitative estimate of drug-likeness (QED) is 0.153. The maximum absolute atomic E-state index is 4.89. The molecule has 0 unspecified atom stereocenters. The third-order valence-electron chi connectivity index (χ3n) is 11.8. The molecular formula is C56H48N2. The smallest absolute Gasteiger partial charge is 0.0549 e. The van der Waals surface area contributed by atoms with Gasteiger partial charge in [-0.3, -0.25) is 0 Å². The first-order chi connectivity index (χ1) is 28.3. The molecule has 3 aliphatic rings. The van der Waals surface area contributed by atoms with Crippen molar-refractivity contribution in [3.05, 3.63) is 244 Å². The second-order valence-corrected chi connectivity index (χ2v) is 15.7. The van der Waals surface area contributed by atoms with E-state index in [4.69, 9.17) is 6.58 Å². The Kier molecular flexibility index (Phi) is 9.85. The fourth-order valence-corrected chi connectivity index (χ4v) is 8.71. The molecule has 0 amide bonds. The number of para-hydroxylation sites is 2. The van der Waals surface area contributed by atoms with Gasteiger partial charge in [-0.05, 0) is 149 Å². The molecule has 0 saturated carbocycles. The molecule has 9 rings (SSSR count). The molecular weight excluding hydrogens is 701 g/mol. The van der Waals surface area contributed by atoms with E-state index in [9.17, 15) is 0 Å². The first-order valence-electron chi connectivity index (χ1n) is 20.3. The van der Waals surface area contributed by atoms with E-state index in [0.29, 0.717) is 0 Å². The van der Waals surface area contributed by atoms with Crippen molar-refractivity contribution < 1.29 is 0 Å². The lowest BCUT2D eigenvalue weighted by atomic mass is 9.83. The van der Waals surface area contributed by atoms with Gasteiger partial charge in [-0.1, -0.05) is 146 Å². The molecule has 2 heteroatoms. The van der Waals surface area contributed by atoms with Gasteiger partial charge in [-0.2, -0.15) is 0 Å². The fraction of sp³-hybridized carbons (Fsp3) is 0.107. The van der Waals surface area contributed by atoms with Gasteiger partial charge in [-0.25, -0.2) is 0 Å². The number of anilines is 4. The largest absolute Gasteiger partial charge is 0.310 e. The summed E-state index contributed by atoms with van der Waals surface area (Å²) in [5.41, 5.74) is 22.5. The molecule has 0 saturated heterocycles. The Morgan fingerprint density at radius 2 is 1.09 bits per heavy atom. The first-order valence-corrected chi connectivity index (χ1v) is 20.3. The molecule has 0 heterocycles. The summed E-state index contributed by atoms with van der Waals surface area (Å²) < 4.78 is 0. The molecule has 0 fully saturated rings. The van der Waals surface area contributed by atoms with Crippen LogP contribution in [0.1, 0.15) is 50.9 Å². The summed E-state index contributed by atoms with van der Waals surface area (Å²) in [4.78, 5) is 4.91. The van der Waals surface area contributed by atoms with E-state index in [1.54, 1.807) is 0 Å². The van der Waals surface area contributed by atoms with Crippen LogP contribution in [0.4, 0.5) is 22.7 Å². The minimum Gasteiger partial charge on any atom is -0.310 e. The molecule has 58 heavy (non-hydrogen) atoms. The summed E-state index contributed by atoms with van der Waals surface area (Å²) in [6.07, 6.45) is 20.0. The lowest BCUT2D eigenvalue weighted by Gasteiger charge is -2.35. The van der Waals surface area contributed by atoms with Crippen molar-refractivity contribution in [3.63, 3.8) is 0 Å². The van der Waals surface area contributed by atoms with Crippen LogP contribution in [-0.4, -0.2) is 0 Å². The van der Waals surface area contributed by atoms with Crippen LogP contribution in [0.15, 0.2) is 199 Å². The zero-order valence-corrected chi connectivity index (χ0v) is 33.8. The van der Waals surface area contributed by atoms with Gasteiger partial charge in [-0.15, -0.1) is 0 Å². The number of hydrogen-bond donors (Lipinski definition) is 0. The SMILES string of the molecule is C=C1C=Cc2c(C)cc(C)c3c2CC(=C(N(c2ccccc2)c2cc(C4=CC=CC4)ccc2C)C=C1N(c1ccccc1)c1cc(-c2ccccc2)ccc1C)C=C3. The number of hydrogen-bond acceptors (Lipinski definition) is 2. The minimum absolute atomic E-state index is 0.796. The van der Waals surface area contributed by atoms with Gasteiger partial charge in [0.25, 0.3) is 0 Å². The summed E-state index contributed by atoms with van der Waals surface area (Å²) in [5.74, 6) is 0. The van der Waals surface area contributed by atoms with Gasteiger partial charge in [0.2, 0.25) is 0 Å². The highest BCUT2D eigenvalue weighted by molar-refractivity contribution is 5.85. The Labute approximate surface area is 344 Å². The molecule has 0 N–H and O–H groups in total. The lowest BCUT2D eigenvalue weighted by molar-refractivity contribution is 1.06. The van der Waals surface area contributed by atoms with Crippen molar-refractivity contribution in [2.45, 2.75) is 40.5 Å². The number of allylic oxidation sites excluding steroid dienone is 8. The van der Waals surface area contributed by atoms with Crippen molar-refractivity contribution in [2.75, 3.05) is 9.80 Å². The molecule has 282 valence electrons. The van der Waals surface area contributed by atoms with Crippen LogP contribution in [-0.2, 0) is 6.42 Å². The normalized spacial score (nSPS) is 14.4. The van der Waals surface area contributed by atoms with Crippen LogP contribution in [0.25, 0.3) is 28.9 Å². The van der Waals surface area contributed by atoms with Crippen LogP contribution >= 0.6 is 0 Å². The van der Waals surface area contributed by atoms with Crippen molar-refractivity contribution in [1.82, 2.24) is 0 Å². The lowest BCUT2D eigenvalue weighted by Crippen LogP contribution is -2.24. The van der Waals surface area contributed by atoms with Gasteiger partial charge in [0.05, 0.1) is 11.4 Å². The van der Waals surface area contributed by atoms with E-state index >= 15 is 0 Å². The number of aryl methyl sites for hydroxylation is 4. The van der Waals surface area contributed by atoms with E-state index < -0.39 is 0 Å². The van der Waals surface area contributed by atoms with Gasteiger partial charge < -0.3 is 9.80 Å². The van der Waals surface area contributed by atoms with Crippen LogP contribution in [0, 0.1) is 27.7 Å². The molecule has 2 nitrogen and oxygen atoms in total. The number of benzene rings is 6. The van der Waals surface area contributed by atoms with Crippen LogP contribution < -0.4 is 9.80 Å². The van der Waals surface area contributed by atoms with Gasteiger partial charge in [0.1, 0.15) is 0 Å². The molecule has 0 aliphatic heterocycles. The summed E-state index contributed by atoms with van der Waals surface area (Å²) in [6.45, 7) is 13.8. The maximum atomic E-state index is 4.89. The Morgan fingerprint density at radius 3 is 1.72 bits per heavy atom. The molecule has 6 aromatic rings. The number of nitrogens with zero attached hydrogens (tertiary/aromatic N) is 2. The monoisotopic (exact) mass is 748 g/mol. The molecule has 6 aromatic carbocycles.